The number of nitrogens with zero attached hydrogens (tertiary/aromatic N) is 1. The van der Waals surface area contributed by atoms with E-state index in [1.54, 1.807) is 0 Å². The molecule has 2 atom stereocenters. The van der Waals surface area contributed by atoms with Gasteiger partial charge in [0.05, 0.1) is 12.2 Å². The fraction of sp³-hybridized carbons (Fsp3) is 0.625. The summed E-state index contributed by atoms with van der Waals surface area (Å²) in [6.45, 7) is 5.50. The summed E-state index contributed by atoms with van der Waals surface area (Å²) < 4.78 is 5.82. The van der Waals surface area contributed by atoms with Gasteiger partial charge in [-0.25, -0.2) is 0 Å². The second-order valence-corrected chi connectivity index (χ2v) is 5.77. The number of nitrogens with one attached hydrogen (secondary N) is 1. The van der Waals surface area contributed by atoms with Gasteiger partial charge in [0.25, 0.3) is 0 Å². The number of rotatable bonds is 4. The summed E-state index contributed by atoms with van der Waals surface area (Å²) in [6, 6.07) is 8.83. The molecule has 0 saturated carbocycles. The topological polar surface area (TPSA) is 24.5 Å². The highest BCUT2D eigenvalue weighted by atomic mass is 16.5. The molecule has 2 heterocycles. The van der Waals surface area contributed by atoms with E-state index in [0.29, 0.717) is 12.2 Å². The molecule has 0 amide bonds. The van der Waals surface area contributed by atoms with Gasteiger partial charge in [0.1, 0.15) is 0 Å². The highest BCUT2D eigenvalue weighted by Crippen LogP contribution is 2.23. The Bertz CT molecular complexity index is 398. The van der Waals surface area contributed by atoms with Crippen LogP contribution in [0.2, 0.25) is 0 Å². The van der Waals surface area contributed by atoms with Crippen molar-refractivity contribution in [3.63, 3.8) is 0 Å². The molecule has 2 aliphatic heterocycles. The summed E-state index contributed by atoms with van der Waals surface area (Å²) in [5.41, 5.74) is 2.56. The van der Waals surface area contributed by atoms with Crippen LogP contribution in [-0.4, -0.2) is 31.8 Å². The highest BCUT2D eigenvalue weighted by Gasteiger charge is 2.21. The molecule has 1 aromatic carbocycles. The molecule has 3 heteroatoms. The molecular weight excluding hydrogens is 236 g/mol. The SMILES string of the molecule is CC1CCC(CNc2ccc(N3CCCC3)cc2)O1. The Hall–Kier alpha value is -1.22. The molecule has 104 valence electrons. The van der Waals surface area contributed by atoms with Crippen LogP contribution in [0.3, 0.4) is 0 Å². The Labute approximate surface area is 115 Å². The Kier molecular flexibility index (Phi) is 3.92. The molecule has 2 fully saturated rings. The largest absolute Gasteiger partial charge is 0.382 e. The van der Waals surface area contributed by atoms with Gasteiger partial charge in [0.2, 0.25) is 0 Å². The second kappa shape index (κ2) is 5.83. The zero-order valence-electron chi connectivity index (χ0n) is 11.8. The van der Waals surface area contributed by atoms with Crippen molar-refractivity contribution < 1.29 is 4.74 Å². The molecule has 0 spiro atoms. The van der Waals surface area contributed by atoms with E-state index in [-0.39, 0.29) is 0 Å². The van der Waals surface area contributed by atoms with E-state index in [1.165, 1.54) is 50.1 Å². The van der Waals surface area contributed by atoms with E-state index in [9.17, 15) is 0 Å². The third-order valence-corrected chi connectivity index (χ3v) is 4.19. The first-order valence-electron chi connectivity index (χ1n) is 7.55. The zero-order valence-corrected chi connectivity index (χ0v) is 11.8. The predicted octanol–water partition coefficient (Wildman–Crippen LogP) is 3.27. The molecule has 3 nitrogen and oxygen atoms in total. The maximum atomic E-state index is 5.82. The summed E-state index contributed by atoms with van der Waals surface area (Å²) in [6.07, 6.45) is 5.85. The first kappa shape index (κ1) is 12.8. The molecule has 19 heavy (non-hydrogen) atoms. The lowest BCUT2D eigenvalue weighted by atomic mass is 10.2. The first-order chi connectivity index (χ1) is 9.31. The maximum absolute atomic E-state index is 5.82. The second-order valence-electron chi connectivity index (χ2n) is 5.77. The van der Waals surface area contributed by atoms with Crippen molar-refractivity contribution in [2.75, 3.05) is 29.9 Å². The minimum absolute atomic E-state index is 0.383. The van der Waals surface area contributed by atoms with Gasteiger partial charge >= 0.3 is 0 Å². The molecule has 0 radical (unpaired) electrons. The Balaban J connectivity index is 1.51. The van der Waals surface area contributed by atoms with Crippen LogP contribution in [0.1, 0.15) is 32.6 Å². The van der Waals surface area contributed by atoms with E-state index < -0.39 is 0 Å². The summed E-state index contributed by atoms with van der Waals surface area (Å²) in [4.78, 5) is 2.46. The van der Waals surface area contributed by atoms with Crippen molar-refractivity contribution in [2.45, 2.75) is 44.8 Å². The number of hydrogen-bond acceptors (Lipinski definition) is 3. The van der Waals surface area contributed by atoms with Gasteiger partial charge in [-0.3, -0.25) is 0 Å². The molecular formula is C16H24N2O. The predicted molar refractivity (Wildman–Crippen MR) is 79.9 cm³/mol. The molecule has 2 unspecified atom stereocenters. The summed E-state index contributed by atoms with van der Waals surface area (Å²) in [5.74, 6) is 0. The lowest BCUT2D eigenvalue weighted by molar-refractivity contribution is 0.0637. The van der Waals surface area contributed by atoms with Crippen molar-refractivity contribution in [1.82, 2.24) is 0 Å². The molecule has 3 rings (SSSR count). The van der Waals surface area contributed by atoms with Crippen LogP contribution in [0.15, 0.2) is 24.3 Å². The van der Waals surface area contributed by atoms with E-state index >= 15 is 0 Å². The smallest absolute Gasteiger partial charge is 0.0751 e. The van der Waals surface area contributed by atoms with Gasteiger partial charge in [0, 0.05) is 31.0 Å². The highest BCUT2D eigenvalue weighted by molar-refractivity contribution is 5.55. The molecule has 1 N–H and O–H groups in total. The van der Waals surface area contributed by atoms with Crippen LogP contribution in [0.25, 0.3) is 0 Å². The van der Waals surface area contributed by atoms with E-state index in [4.69, 9.17) is 4.74 Å². The maximum Gasteiger partial charge on any atom is 0.0751 e. The molecule has 0 aliphatic carbocycles. The van der Waals surface area contributed by atoms with Gasteiger partial charge < -0.3 is 15.0 Å². The third-order valence-electron chi connectivity index (χ3n) is 4.19. The molecule has 1 aromatic rings. The van der Waals surface area contributed by atoms with Crippen LogP contribution >= 0.6 is 0 Å². The van der Waals surface area contributed by atoms with Crippen molar-refractivity contribution >= 4 is 11.4 Å². The fourth-order valence-electron chi connectivity index (χ4n) is 3.03. The Morgan fingerprint density at radius 1 is 1.16 bits per heavy atom. The van der Waals surface area contributed by atoms with Gasteiger partial charge in [-0.15, -0.1) is 0 Å². The number of anilines is 2. The lowest BCUT2D eigenvalue weighted by Gasteiger charge is -2.18. The minimum atomic E-state index is 0.383. The number of hydrogen-bond donors (Lipinski definition) is 1. The average molecular weight is 260 g/mol. The third kappa shape index (κ3) is 3.21. The molecule has 2 aliphatic rings. The Morgan fingerprint density at radius 2 is 1.89 bits per heavy atom. The normalized spacial score (nSPS) is 26.9. The van der Waals surface area contributed by atoms with Crippen LogP contribution in [0.5, 0.6) is 0 Å². The van der Waals surface area contributed by atoms with Crippen molar-refractivity contribution in [3.05, 3.63) is 24.3 Å². The van der Waals surface area contributed by atoms with Crippen LogP contribution in [0, 0.1) is 0 Å². The van der Waals surface area contributed by atoms with Crippen molar-refractivity contribution in [1.29, 1.82) is 0 Å². The zero-order chi connectivity index (χ0) is 13.1. The number of benzene rings is 1. The van der Waals surface area contributed by atoms with E-state index in [2.05, 4.69) is 41.4 Å². The number of ether oxygens (including phenoxy) is 1. The van der Waals surface area contributed by atoms with E-state index in [1.807, 2.05) is 0 Å². The van der Waals surface area contributed by atoms with Crippen LogP contribution in [0.4, 0.5) is 11.4 Å². The summed E-state index contributed by atoms with van der Waals surface area (Å²) in [7, 11) is 0. The van der Waals surface area contributed by atoms with E-state index in [0.717, 1.165) is 6.54 Å². The Morgan fingerprint density at radius 3 is 2.53 bits per heavy atom. The summed E-state index contributed by atoms with van der Waals surface area (Å²) >= 11 is 0. The van der Waals surface area contributed by atoms with Crippen LogP contribution < -0.4 is 10.2 Å². The standard InChI is InChI=1S/C16H24N2O/c1-13-4-9-16(19-13)12-17-14-5-7-15(8-6-14)18-10-2-3-11-18/h5-8,13,16-17H,2-4,9-12H2,1H3. The van der Waals surface area contributed by atoms with Crippen molar-refractivity contribution in [2.24, 2.45) is 0 Å². The molecule has 0 bridgehead atoms. The molecule has 0 aromatic heterocycles. The first-order valence-corrected chi connectivity index (χ1v) is 7.55. The van der Waals surface area contributed by atoms with Gasteiger partial charge in [-0.2, -0.15) is 0 Å². The average Bonchev–Trinajstić information content (AvgIpc) is 3.08. The monoisotopic (exact) mass is 260 g/mol. The molecule has 2 saturated heterocycles. The lowest BCUT2D eigenvalue weighted by Crippen LogP contribution is -2.20. The van der Waals surface area contributed by atoms with Crippen molar-refractivity contribution in [3.8, 4) is 0 Å². The van der Waals surface area contributed by atoms with Gasteiger partial charge in [0.15, 0.2) is 0 Å². The fourth-order valence-corrected chi connectivity index (χ4v) is 3.03. The van der Waals surface area contributed by atoms with Gasteiger partial charge in [-0.1, -0.05) is 0 Å². The quantitative estimate of drug-likeness (QED) is 0.899. The minimum Gasteiger partial charge on any atom is -0.382 e. The van der Waals surface area contributed by atoms with Crippen LogP contribution in [-0.2, 0) is 4.74 Å². The van der Waals surface area contributed by atoms with Gasteiger partial charge in [-0.05, 0) is 56.9 Å². The summed E-state index contributed by atoms with van der Waals surface area (Å²) in [5, 5.41) is 3.48.